The van der Waals surface area contributed by atoms with Crippen LogP contribution in [-0.4, -0.2) is 82.3 Å². The number of pyridine rings is 1. The van der Waals surface area contributed by atoms with Crippen molar-refractivity contribution in [1.82, 2.24) is 24.8 Å². The highest BCUT2D eigenvalue weighted by atomic mass is 35.5. The maximum Gasteiger partial charge on any atom is 0.319 e. The average molecular weight is 583 g/mol. The number of nitrogens with zero attached hydrogens (tertiary/aromatic N) is 5. The molecule has 2 aromatic heterocycles. The quantitative estimate of drug-likeness (QED) is 0.322. The Balaban J connectivity index is 1.28. The van der Waals surface area contributed by atoms with Crippen LogP contribution in [0.4, 0.5) is 14.6 Å². The molecule has 2 atom stereocenters. The molecular weight excluding hydrogens is 546 g/mol. The lowest BCUT2D eigenvalue weighted by atomic mass is 9.75. The largest absolute Gasteiger partial charge is 0.461 e. The van der Waals surface area contributed by atoms with Gasteiger partial charge in [0.25, 0.3) is 0 Å². The van der Waals surface area contributed by atoms with Gasteiger partial charge in [-0.25, -0.2) is 8.78 Å². The molecule has 2 aliphatic carbocycles. The summed E-state index contributed by atoms with van der Waals surface area (Å²) in [6, 6.07) is 5.67. The molecule has 0 unspecified atom stereocenters. The van der Waals surface area contributed by atoms with E-state index in [4.69, 9.17) is 21.3 Å². The minimum Gasteiger partial charge on any atom is -0.461 e. The van der Waals surface area contributed by atoms with Crippen LogP contribution in [0.3, 0.4) is 0 Å². The molecule has 0 radical (unpaired) electrons. The molecule has 0 amide bonds. The molecule has 4 aliphatic rings. The zero-order chi connectivity index (χ0) is 28.4. The van der Waals surface area contributed by atoms with Gasteiger partial charge in [-0.15, -0.1) is 0 Å². The first-order valence-electron chi connectivity index (χ1n) is 14.9. The molecule has 41 heavy (non-hydrogen) atoms. The molecule has 2 aliphatic heterocycles. The van der Waals surface area contributed by atoms with E-state index in [1.807, 2.05) is 18.2 Å². The van der Waals surface area contributed by atoms with E-state index in [1.165, 1.54) is 6.42 Å². The number of rotatable bonds is 9. The van der Waals surface area contributed by atoms with Crippen LogP contribution in [0.1, 0.15) is 62.8 Å². The highest BCUT2D eigenvalue weighted by molar-refractivity contribution is 6.31. The van der Waals surface area contributed by atoms with Crippen molar-refractivity contribution in [2.75, 3.05) is 45.7 Å². The monoisotopic (exact) mass is 582 g/mol. The van der Waals surface area contributed by atoms with Crippen LogP contribution < -0.4 is 10.1 Å². The highest BCUT2D eigenvalue weighted by Gasteiger charge is 2.49. The third-order valence-electron chi connectivity index (χ3n) is 10.0. The third kappa shape index (κ3) is 4.74. The summed E-state index contributed by atoms with van der Waals surface area (Å²) in [6.07, 6.45) is 8.53. The highest BCUT2D eigenvalue weighted by Crippen LogP contribution is 2.48. The SMILES string of the molecule is CN(C)C1(CNc2nc(OC[C@@]34CCCN3C[C@H](F)C4)nc3c(F)c(-c4cccc(Cl)c4C4CC4)ncc23)CCC1. The van der Waals surface area contributed by atoms with Gasteiger partial charge in [0.1, 0.15) is 29.8 Å². The number of halogens is 3. The van der Waals surface area contributed by atoms with Crippen molar-refractivity contribution < 1.29 is 13.5 Å². The van der Waals surface area contributed by atoms with Crippen molar-refractivity contribution in [3.05, 3.63) is 40.8 Å². The summed E-state index contributed by atoms with van der Waals surface area (Å²) in [5.74, 6) is 0.305. The predicted molar refractivity (Wildman–Crippen MR) is 157 cm³/mol. The van der Waals surface area contributed by atoms with Gasteiger partial charge in [0.2, 0.25) is 0 Å². The van der Waals surface area contributed by atoms with E-state index < -0.39 is 12.0 Å². The zero-order valence-electron chi connectivity index (χ0n) is 23.7. The Morgan fingerprint density at radius 2 is 2.00 bits per heavy atom. The van der Waals surface area contributed by atoms with Crippen LogP contribution >= 0.6 is 11.6 Å². The first kappa shape index (κ1) is 27.2. The van der Waals surface area contributed by atoms with E-state index in [0.717, 1.165) is 50.6 Å². The number of fused-ring (bicyclic) bond motifs is 2. The molecule has 4 heterocycles. The van der Waals surface area contributed by atoms with Gasteiger partial charge in [-0.1, -0.05) is 23.7 Å². The number of hydrogen-bond donors (Lipinski definition) is 1. The topological polar surface area (TPSA) is 66.4 Å². The Bertz CT molecular complexity index is 1480. The van der Waals surface area contributed by atoms with Crippen LogP contribution in [0.25, 0.3) is 22.2 Å². The molecule has 1 N–H and O–H groups in total. The number of alkyl halides is 1. The van der Waals surface area contributed by atoms with E-state index in [-0.39, 0.29) is 34.9 Å². The number of nitrogens with one attached hydrogen (secondary N) is 1. The number of benzene rings is 1. The van der Waals surface area contributed by atoms with Crippen LogP contribution in [-0.2, 0) is 0 Å². The smallest absolute Gasteiger partial charge is 0.319 e. The summed E-state index contributed by atoms with van der Waals surface area (Å²) in [6.45, 7) is 2.25. The number of aromatic nitrogens is 3. The predicted octanol–water partition coefficient (Wildman–Crippen LogP) is 6.21. The average Bonchev–Trinajstić information content (AvgIpc) is 3.60. The molecule has 2 saturated heterocycles. The molecule has 7 nitrogen and oxygen atoms in total. The summed E-state index contributed by atoms with van der Waals surface area (Å²) in [5.41, 5.74) is 1.72. The zero-order valence-corrected chi connectivity index (χ0v) is 24.5. The molecule has 10 heteroatoms. The number of anilines is 1. The second kappa shape index (κ2) is 10.3. The molecule has 0 spiro atoms. The minimum atomic E-state index is -0.859. The summed E-state index contributed by atoms with van der Waals surface area (Å²) in [4.78, 5) is 18.4. The summed E-state index contributed by atoms with van der Waals surface area (Å²) in [5, 5.41) is 4.64. The second-order valence-corrected chi connectivity index (χ2v) is 13.1. The Labute approximate surface area is 244 Å². The number of ether oxygens (including phenoxy) is 1. The first-order valence-corrected chi connectivity index (χ1v) is 15.2. The summed E-state index contributed by atoms with van der Waals surface area (Å²) < 4.78 is 37.0. The van der Waals surface area contributed by atoms with Crippen molar-refractivity contribution in [2.24, 2.45) is 0 Å². The molecule has 1 aromatic carbocycles. The summed E-state index contributed by atoms with van der Waals surface area (Å²) >= 11 is 6.58. The Morgan fingerprint density at radius 3 is 2.73 bits per heavy atom. The molecule has 0 bridgehead atoms. The Kier molecular flexibility index (Phi) is 6.83. The van der Waals surface area contributed by atoms with Crippen molar-refractivity contribution in [2.45, 2.75) is 74.5 Å². The Hall–Kier alpha value is -2.62. The molecule has 218 valence electrons. The van der Waals surface area contributed by atoms with E-state index in [1.54, 1.807) is 6.20 Å². The molecule has 3 aromatic rings. The van der Waals surface area contributed by atoms with Gasteiger partial charge < -0.3 is 15.0 Å². The number of likely N-dealkylation sites (N-methyl/N-ethyl adjacent to an activating group) is 1. The maximum atomic E-state index is 16.5. The maximum absolute atomic E-state index is 16.5. The van der Waals surface area contributed by atoms with Crippen molar-refractivity contribution in [1.29, 1.82) is 0 Å². The van der Waals surface area contributed by atoms with Crippen molar-refractivity contribution in [3.8, 4) is 17.3 Å². The molecular formula is C31H37ClF2N6O. The Morgan fingerprint density at radius 1 is 1.17 bits per heavy atom. The lowest BCUT2D eigenvalue weighted by molar-refractivity contribution is 0.0738. The normalized spacial score (nSPS) is 25.5. The third-order valence-corrected chi connectivity index (χ3v) is 10.3. The van der Waals surface area contributed by atoms with Crippen LogP contribution in [0.2, 0.25) is 5.02 Å². The van der Waals surface area contributed by atoms with E-state index in [0.29, 0.717) is 47.2 Å². The lowest BCUT2D eigenvalue weighted by Crippen LogP contribution is -2.54. The lowest BCUT2D eigenvalue weighted by Gasteiger charge is -2.47. The van der Waals surface area contributed by atoms with Gasteiger partial charge in [0, 0.05) is 41.8 Å². The van der Waals surface area contributed by atoms with Crippen LogP contribution in [0.5, 0.6) is 6.01 Å². The van der Waals surface area contributed by atoms with E-state index in [9.17, 15) is 4.39 Å². The van der Waals surface area contributed by atoms with Gasteiger partial charge >= 0.3 is 6.01 Å². The van der Waals surface area contributed by atoms with Gasteiger partial charge in [0.05, 0.1) is 10.9 Å². The van der Waals surface area contributed by atoms with Gasteiger partial charge in [-0.05, 0) is 83.1 Å². The van der Waals surface area contributed by atoms with Crippen molar-refractivity contribution in [3.63, 3.8) is 0 Å². The first-order chi connectivity index (χ1) is 19.8. The van der Waals surface area contributed by atoms with Gasteiger partial charge in [-0.2, -0.15) is 9.97 Å². The van der Waals surface area contributed by atoms with Crippen LogP contribution in [0, 0.1) is 5.82 Å². The fraction of sp³-hybridized carbons (Fsp3) is 0.581. The fourth-order valence-corrected chi connectivity index (χ4v) is 7.55. The van der Waals surface area contributed by atoms with Gasteiger partial charge in [-0.3, -0.25) is 9.88 Å². The second-order valence-electron chi connectivity index (χ2n) is 12.7. The molecule has 7 rings (SSSR count). The van der Waals surface area contributed by atoms with Crippen molar-refractivity contribution >= 4 is 28.3 Å². The van der Waals surface area contributed by atoms with Crippen LogP contribution in [0.15, 0.2) is 24.4 Å². The summed E-state index contributed by atoms with van der Waals surface area (Å²) in [7, 11) is 4.19. The van der Waals surface area contributed by atoms with E-state index in [2.05, 4.69) is 39.2 Å². The molecule has 2 saturated carbocycles. The number of hydrogen-bond acceptors (Lipinski definition) is 7. The minimum absolute atomic E-state index is 0.0213. The van der Waals surface area contributed by atoms with E-state index >= 15 is 4.39 Å². The fourth-order valence-electron chi connectivity index (χ4n) is 7.22. The standard InChI is InChI=1S/C31H37ClF2N6O/c1-39(2)30(10-4-11-30)17-36-28-22-15-35-26(21-6-3-7-23(32)24(21)19-8-9-19)25(34)27(22)37-29(38-28)41-18-31-12-5-13-40(31)16-20(33)14-31/h3,6-7,15,19-20H,4-5,8-14,16-18H2,1-2H3,(H,36,37,38)/t20-,31+/m1/s1. The molecule has 4 fully saturated rings. The van der Waals surface area contributed by atoms with Gasteiger partial charge in [0.15, 0.2) is 5.82 Å².